The van der Waals surface area contributed by atoms with Gasteiger partial charge in [-0.1, -0.05) is 79.9 Å². The maximum Gasteiger partial charge on any atom is 0.120 e. The fourth-order valence-electron chi connectivity index (χ4n) is 4.07. The van der Waals surface area contributed by atoms with E-state index >= 15 is 0 Å². The monoisotopic (exact) mass is 373 g/mol. The summed E-state index contributed by atoms with van der Waals surface area (Å²) in [5.74, 6) is 0.878. The summed E-state index contributed by atoms with van der Waals surface area (Å²) in [7, 11) is 2.09. The van der Waals surface area contributed by atoms with E-state index in [4.69, 9.17) is 4.74 Å². The highest BCUT2D eigenvalue weighted by Gasteiger charge is 2.38. The maximum absolute atomic E-state index is 6.53. The Hall–Kier alpha value is -1.35. The highest BCUT2D eigenvalue weighted by atomic mass is 35.5. The van der Waals surface area contributed by atoms with Crippen molar-refractivity contribution in [2.45, 2.75) is 50.7 Å². The fourth-order valence-corrected chi connectivity index (χ4v) is 4.07. The number of halogens is 1. The molecule has 1 aliphatic carbocycles. The molecule has 0 radical (unpaired) electrons. The Morgan fingerprint density at radius 2 is 1.54 bits per heavy atom. The lowest BCUT2D eigenvalue weighted by atomic mass is 9.75. The number of benzene rings is 2. The highest BCUT2D eigenvalue weighted by molar-refractivity contribution is 5.85. The largest absolute Gasteiger partial charge is 0.366 e. The summed E-state index contributed by atoms with van der Waals surface area (Å²) < 4.78 is 6.53. The molecule has 3 heteroatoms. The van der Waals surface area contributed by atoms with Gasteiger partial charge in [-0.3, -0.25) is 0 Å². The van der Waals surface area contributed by atoms with Gasteiger partial charge in [0.15, 0.2) is 0 Å². The number of hydrogen-bond donors (Lipinski definition) is 1. The molecule has 2 aromatic rings. The van der Waals surface area contributed by atoms with Crippen molar-refractivity contribution in [3.8, 4) is 0 Å². The molecule has 0 aromatic heterocycles. The third-order valence-corrected chi connectivity index (χ3v) is 5.66. The summed E-state index contributed by atoms with van der Waals surface area (Å²) >= 11 is 0. The fraction of sp³-hybridized carbons (Fsp3) is 0.478. The molecule has 3 rings (SSSR count). The molecule has 0 heterocycles. The molecule has 0 amide bonds. The summed E-state index contributed by atoms with van der Waals surface area (Å²) in [6.45, 7) is 2.80. The van der Waals surface area contributed by atoms with Gasteiger partial charge < -0.3 is 10.1 Å². The van der Waals surface area contributed by atoms with E-state index in [-0.39, 0.29) is 12.4 Å². The summed E-state index contributed by atoms with van der Waals surface area (Å²) in [6, 6.07) is 21.9. The topological polar surface area (TPSA) is 21.3 Å². The molecule has 0 saturated heterocycles. The second kappa shape index (κ2) is 10.1. The number of nitrogens with one attached hydrogen (secondary N) is 1. The first-order valence-corrected chi connectivity index (χ1v) is 9.70. The summed E-state index contributed by atoms with van der Waals surface area (Å²) in [5.41, 5.74) is 2.10. The summed E-state index contributed by atoms with van der Waals surface area (Å²) in [5, 5.41) is 3.57. The zero-order valence-electron chi connectivity index (χ0n) is 16.0. The van der Waals surface area contributed by atoms with E-state index in [0.717, 1.165) is 12.3 Å². The van der Waals surface area contributed by atoms with Gasteiger partial charge in [0.05, 0.1) is 0 Å². The SMILES string of the molecule is CCOC(CC(CC1CCC1)NC)(c1ccccc1)c1ccccc1.Cl. The smallest absolute Gasteiger partial charge is 0.120 e. The Labute approximate surface area is 164 Å². The molecule has 0 aliphatic heterocycles. The zero-order valence-corrected chi connectivity index (χ0v) is 16.8. The average molecular weight is 374 g/mol. The van der Waals surface area contributed by atoms with Crippen molar-refractivity contribution in [2.75, 3.05) is 13.7 Å². The van der Waals surface area contributed by atoms with Crippen LogP contribution in [0.1, 0.15) is 50.2 Å². The number of ether oxygens (including phenoxy) is 1. The van der Waals surface area contributed by atoms with Crippen molar-refractivity contribution in [3.63, 3.8) is 0 Å². The van der Waals surface area contributed by atoms with Gasteiger partial charge in [-0.2, -0.15) is 0 Å². The third-order valence-electron chi connectivity index (χ3n) is 5.66. The molecule has 2 aromatic carbocycles. The first-order valence-electron chi connectivity index (χ1n) is 9.70. The Balaban J connectivity index is 0.00000243. The van der Waals surface area contributed by atoms with Gasteiger partial charge in [0, 0.05) is 19.1 Å². The van der Waals surface area contributed by atoms with E-state index in [2.05, 4.69) is 80.0 Å². The molecule has 0 spiro atoms. The van der Waals surface area contributed by atoms with E-state index in [1.54, 1.807) is 0 Å². The van der Waals surface area contributed by atoms with Crippen LogP contribution in [-0.4, -0.2) is 19.7 Å². The van der Waals surface area contributed by atoms with Crippen LogP contribution in [0, 0.1) is 5.92 Å². The molecule has 142 valence electrons. The van der Waals surface area contributed by atoms with Crippen molar-refractivity contribution in [2.24, 2.45) is 5.92 Å². The van der Waals surface area contributed by atoms with Gasteiger partial charge in [-0.05, 0) is 37.4 Å². The van der Waals surface area contributed by atoms with Gasteiger partial charge in [-0.25, -0.2) is 0 Å². The lowest BCUT2D eigenvalue weighted by Crippen LogP contribution is -2.41. The number of rotatable bonds is 9. The Morgan fingerprint density at radius 3 is 1.92 bits per heavy atom. The molecule has 1 unspecified atom stereocenters. The predicted molar refractivity (Wildman–Crippen MR) is 112 cm³/mol. The van der Waals surface area contributed by atoms with Gasteiger partial charge in [0.1, 0.15) is 5.60 Å². The molecule has 1 saturated carbocycles. The minimum atomic E-state index is -0.394. The van der Waals surface area contributed by atoms with Crippen LogP contribution in [0.4, 0.5) is 0 Å². The summed E-state index contributed by atoms with van der Waals surface area (Å²) in [6.07, 6.45) is 6.37. The minimum Gasteiger partial charge on any atom is -0.366 e. The summed E-state index contributed by atoms with van der Waals surface area (Å²) in [4.78, 5) is 0. The normalized spacial score (nSPS) is 15.8. The quantitative estimate of drug-likeness (QED) is 0.621. The first-order chi connectivity index (χ1) is 12.3. The van der Waals surface area contributed by atoms with Crippen molar-refractivity contribution < 1.29 is 4.74 Å². The van der Waals surface area contributed by atoms with Gasteiger partial charge in [0.25, 0.3) is 0 Å². The molecule has 1 N–H and O–H groups in total. The van der Waals surface area contributed by atoms with Gasteiger partial charge in [-0.15, -0.1) is 12.4 Å². The van der Waals surface area contributed by atoms with Crippen LogP contribution in [0.25, 0.3) is 0 Å². The average Bonchev–Trinajstić information content (AvgIpc) is 2.64. The predicted octanol–water partition coefficient (Wildman–Crippen LogP) is 5.56. The van der Waals surface area contributed by atoms with Crippen LogP contribution in [0.2, 0.25) is 0 Å². The Kier molecular flexibility index (Phi) is 8.15. The number of hydrogen-bond acceptors (Lipinski definition) is 2. The molecular weight excluding hydrogens is 342 g/mol. The molecule has 0 bridgehead atoms. The van der Waals surface area contributed by atoms with Gasteiger partial charge in [0.2, 0.25) is 0 Å². The van der Waals surface area contributed by atoms with Crippen LogP contribution >= 0.6 is 12.4 Å². The van der Waals surface area contributed by atoms with E-state index in [1.807, 2.05) is 0 Å². The second-order valence-electron chi connectivity index (χ2n) is 7.21. The molecule has 1 atom stereocenters. The van der Waals surface area contributed by atoms with Gasteiger partial charge >= 0.3 is 0 Å². The second-order valence-corrected chi connectivity index (χ2v) is 7.21. The molecular formula is C23H32ClNO. The Bertz CT molecular complexity index is 588. The highest BCUT2D eigenvalue weighted by Crippen LogP contribution is 2.40. The first kappa shape index (κ1) is 21.0. The van der Waals surface area contributed by atoms with E-state index in [0.29, 0.717) is 12.6 Å². The van der Waals surface area contributed by atoms with Crippen molar-refractivity contribution in [1.29, 1.82) is 0 Å². The van der Waals surface area contributed by atoms with Crippen LogP contribution < -0.4 is 5.32 Å². The van der Waals surface area contributed by atoms with Crippen LogP contribution in [0.5, 0.6) is 0 Å². The standard InChI is InChI=1S/C23H31NO.ClH/c1-3-25-23(20-13-6-4-7-14-20,21-15-8-5-9-16-21)18-22(24-2)17-19-11-10-12-19;/h4-9,13-16,19,22,24H,3,10-12,17-18H2,1-2H3;1H. The molecule has 1 fully saturated rings. The Morgan fingerprint density at radius 1 is 1.00 bits per heavy atom. The minimum absolute atomic E-state index is 0. The zero-order chi connectivity index (χ0) is 17.5. The maximum atomic E-state index is 6.53. The van der Waals surface area contributed by atoms with Crippen molar-refractivity contribution in [3.05, 3.63) is 71.8 Å². The molecule has 2 nitrogen and oxygen atoms in total. The third kappa shape index (κ3) is 4.68. The van der Waals surface area contributed by atoms with E-state index < -0.39 is 5.60 Å². The van der Waals surface area contributed by atoms with Crippen LogP contribution in [0.3, 0.4) is 0 Å². The van der Waals surface area contributed by atoms with Crippen LogP contribution in [-0.2, 0) is 10.3 Å². The van der Waals surface area contributed by atoms with E-state index in [1.165, 1.54) is 36.8 Å². The molecule has 1 aliphatic rings. The lowest BCUT2D eigenvalue weighted by molar-refractivity contribution is -0.0266. The van der Waals surface area contributed by atoms with Crippen molar-refractivity contribution in [1.82, 2.24) is 5.32 Å². The lowest BCUT2D eigenvalue weighted by Gasteiger charge is -2.39. The van der Waals surface area contributed by atoms with Crippen LogP contribution in [0.15, 0.2) is 60.7 Å². The molecule has 26 heavy (non-hydrogen) atoms. The van der Waals surface area contributed by atoms with Crippen molar-refractivity contribution >= 4 is 12.4 Å². The van der Waals surface area contributed by atoms with E-state index in [9.17, 15) is 0 Å².